The number of benzene rings is 1. The molecule has 30 heavy (non-hydrogen) atoms. The molecule has 0 spiro atoms. The lowest BCUT2D eigenvalue weighted by molar-refractivity contribution is -0.142. The summed E-state index contributed by atoms with van der Waals surface area (Å²) in [5, 5.41) is 0. The van der Waals surface area contributed by atoms with Gasteiger partial charge < -0.3 is 14.4 Å². The zero-order valence-corrected chi connectivity index (χ0v) is 17.8. The summed E-state index contributed by atoms with van der Waals surface area (Å²) in [5.41, 5.74) is 0.0394. The van der Waals surface area contributed by atoms with E-state index in [9.17, 15) is 17.6 Å². The molecule has 4 rings (SSSR count). The fourth-order valence-corrected chi connectivity index (χ4v) is 6.04. The molecule has 3 fully saturated rings. The van der Waals surface area contributed by atoms with E-state index in [1.807, 2.05) is 0 Å². The number of carbonyl (C=O) groups is 1. The van der Waals surface area contributed by atoms with Gasteiger partial charge in [0.1, 0.15) is 5.82 Å². The van der Waals surface area contributed by atoms with Gasteiger partial charge in [-0.2, -0.15) is 17.0 Å². The van der Waals surface area contributed by atoms with Crippen LogP contribution < -0.4 is 0 Å². The van der Waals surface area contributed by atoms with Crippen molar-refractivity contribution in [3.8, 4) is 0 Å². The van der Waals surface area contributed by atoms with Gasteiger partial charge in [-0.3, -0.25) is 4.79 Å². The lowest BCUT2D eigenvalue weighted by Crippen LogP contribution is -2.59. The Kier molecular flexibility index (Phi) is 6.40. The van der Waals surface area contributed by atoms with Crippen molar-refractivity contribution < 1.29 is 27.1 Å². The number of rotatable bonds is 4. The summed E-state index contributed by atoms with van der Waals surface area (Å²) >= 11 is 0. The van der Waals surface area contributed by atoms with Gasteiger partial charge in [0.05, 0.1) is 18.6 Å². The van der Waals surface area contributed by atoms with Crippen LogP contribution in [0.1, 0.15) is 18.4 Å². The lowest BCUT2D eigenvalue weighted by atomic mass is 9.73. The van der Waals surface area contributed by atoms with Crippen molar-refractivity contribution in [2.24, 2.45) is 0 Å². The van der Waals surface area contributed by atoms with Crippen LogP contribution in [0, 0.1) is 5.82 Å². The van der Waals surface area contributed by atoms with Crippen molar-refractivity contribution in [3.05, 3.63) is 35.6 Å². The first-order chi connectivity index (χ1) is 14.4. The maximum atomic E-state index is 13.6. The molecule has 0 unspecified atom stereocenters. The van der Waals surface area contributed by atoms with Crippen molar-refractivity contribution >= 4 is 16.1 Å². The highest BCUT2D eigenvalue weighted by Gasteiger charge is 2.45. The molecule has 0 aromatic heterocycles. The molecule has 1 aromatic rings. The van der Waals surface area contributed by atoms with Crippen LogP contribution in [-0.4, -0.2) is 93.5 Å². The van der Waals surface area contributed by atoms with Gasteiger partial charge in [0.25, 0.3) is 10.2 Å². The van der Waals surface area contributed by atoms with E-state index in [-0.39, 0.29) is 24.8 Å². The summed E-state index contributed by atoms with van der Waals surface area (Å²) in [5.74, 6) is -0.365. The number of morpholine rings is 1. The smallest absolute Gasteiger partial charge is 0.282 e. The van der Waals surface area contributed by atoms with E-state index in [2.05, 4.69) is 0 Å². The van der Waals surface area contributed by atoms with Crippen molar-refractivity contribution in [2.45, 2.75) is 18.3 Å². The first-order valence-corrected chi connectivity index (χ1v) is 11.8. The highest BCUT2D eigenvalue weighted by atomic mass is 32.2. The molecule has 0 N–H and O–H groups in total. The summed E-state index contributed by atoms with van der Waals surface area (Å²) < 4.78 is 52.8. The van der Waals surface area contributed by atoms with Crippen molar-refractivity contribution in [2.75, 3.05) is 65.7 Å². The molecule has 0 aliphatic carbocycles. The van der Waals surface area contributed by atoms with Crippen LogP contribution in [0.25, 0.3) is 0 Å². The number of halogens is 1. The molecule has 3 aliphatic heterocycles. The number of hydrogen-bond donors (Lipinski definition) is 0. The number of piperazine rings is 1. The summed E-state index contributed by atoms with van der Waals surface area (Å²) in [4.78, 5) is 15.4. The van der Waals surface area contributed by atoms with Gasteiger partial charge in [-0.25, -0.2) is 4.39 Å². The van der Waals surface area contributed by atoms with E-state index in [4.69, 9.17) is 9.47 Å². The molecule has 3 aliphatic rings. The van der Waals surface area contributed by atoms with E-state index in [0.717, 1.165) is 5.56 Å². The summed E-state index contributed by atoms with van der Waals surface area (Å²) in [6, 6.07) is 6.12. The summed E-state index contributed by atoms with van der Waals surface area (Å²) in [6.07, 6.45) is 1.06. The highest BCUT2D eigenvalue weighted by molar-refractivity contribution is 7.86. The molecule has 166 valence electrons. The zero-order chi connectivity index (χ0) is 21.2. The van der Waals surface area contributed by atoms with Crippen LogP contribution >= 0.6 is 0 Å². The Morgan fingerprint density at radius 1 is 0.833 bits per heavy atom. The lowest BCUT2D eigenvalue weighted by Gasteiger charge is -2.43. The van der Waals surface area contributed by atoms with Crippen LogP contribution in [0.2, 0.25) is 0 Å². The van der Waals surface area contributed by atoms with Crippen molar-refractivity contribution in [1.29, 1.82) is 0 Å². The molecule has 3 saturated heterocycles. The van der Waals surface area contributed by atoms with E-state index in [1.165, 1.54) is 20.7 Å². The third-order valence-electron chi connectivity index (χ3n) is 6.30. The average Bonchev–Trinajstić information content (AvgIpc) is 2.80. The first kappa shape index (κ1) is 21.6. The molecule has 0 bridgehead atoms. The minimum Gasteiger partial charge on any atom is -0.381 e. The van der Waals surface area contributed by atoms with Gasteiger partial charge >= 0.3 is 0 Å². The average molecular weight is 442 g/mol. The Hall–Kier alpha value is -1.59. The Morgan fingerprint density at radius 2 is 1.37 bits per heavy atom. The standard InChI is InChI=1S/C20H28FN3O5S/c21-18-3-1-17(2-4-18)20(5-13-28-14-6-20)19(25)22-7-9-23(10-8-22)30(26,27)24-11-15-29-16-12-24/h1-4H,5-16H2. The minimum atomic E-state index is -3.54. The Bertz CT molecular complexity index is 844. The van der Waals surface area contributed by atoms with Crippen LogP contribution in [-0.2, 0) is 29.9 Å². The van der Waals surface area contributed by atoms with Crippen LogP contribution in [0.4, 0.5) is 4.39 Å². The molecular formula is C20H28FN3O5S. The Morgan fingerprint density at radius 3 is 1.97 bits per heavy atom. The summed E-state index contributed by atoms with van der Waals surface area (Å²) in [7, 11) is -3.54. The second kappa shape index (κ2) is 8.88. The van der Waals surface area contributed by atoms with Gasteiger partial charge in [-0.15, -0.1) is 0 Å². The Balaban J connectivity index is 1.47. The van der Waals surface area contributed by atoms with Gasteiger partial charge in [-0.1, -0.05) is 12.1 Å². The third kappa shape index (κ3) is 4.11. The maximum Gasteiger partial charge on any atom is 0.282 e. The van der Waals surface area contributed by atoms with E-state index < -0.39 is 15.6 Å². The monoisotopic (exact) mass is 441 g/mol. The van der Waals surface area contributed by atoms with E-state index >= 15 is 0 Å². The molecule has 8 nitrogen and oxygen atoms in total. The van der Waals surface area contributed by atoms with Crippen LogP contribution in [0.5, 0.6) is 0 Å². The van der Waals surface area contributed by atoms with Gasteiger partial charge in [0.15, 0.2) is 0 Å². The predicted octanol–water partition coefficient (Wildman–Crippen LogP) is 0.595. The second-order valence-corrected chi connectivity index (χ2v) is 9.84. The first-order valence-electron chi connectivity index (χ1n) is 10.4. The van der Waals surface area contributed by atoms with Gasteiger partial charge in [-0.05, 0) is 30.5 Å². The molecule has 3 heterocycles. The third-order valence-corrected chi connectivity index (χ3v) is 8.34. The fourth-order valence-electron chi connectivity index (χ4n) is 4.48. The molecule has 0 saturated carbocycles. The van der Waals surface area contributed by atoms with E-state index in [0.29, 0.717) is 65.4 Å². The number of hydrogen-bond acceptors (Lipinski definition) is 5. The van der Waals surface area contributed by atoms with Crippen molar-refractivity contribution in [3.63, 3.8) is 0 Å². The number of ether oxygens (including phenoxy) is 2. The fraction of sp³-hybridized carbons (Fsp3) is 0.650. The predicted molar refractivity (Wildman–Crippen MR) is 108 cm³/mol. The largest absolute Gasteiger partial charge is 0.381 e. The Labute approximate surface area is 176 Å². The maximum absolute atomic E-state index is 13.6. The van der Waals surface area contributed by atoms with Gasteiger partial charge in [0, 0.05) is 52.5 Å². The molecule has 1 amide bonds. The zero-order valence-electron chi connectivity index (χ0n) is 17.0. The number of carbonyl (C=O) groups excluding carboxylic acids is 1. The highest BCUT2D eigenvalue weighted by Crippen LogP contribution is 2.37. The quantitative estimate of drug-likeness (QED) is 0.684. The van der Waals surface area contributed by atoms with Crippen LogP contribution in [0.15, 0.2) is 24.3 Å². The van der Waals surface area contributed by atoms with Crippen molar-refractivity contribution in [1.82, 2.24) is 13.5 Å². The number of amides is 1. The van der Waals surface area contributed by atoms with E-state index in [1.54, 1.807) is 17.0 Å². The topological polar surface area (TPSA) is 79.4 Å². The second-order valence-electron chi connectivity index (χ2n) is 7.91. The minimum absolute atomic E-state index is 0.0270. The SMILES string of the molecule is O=C(N1CCN(S(=O)(=O)N2CCOCC2)CC1)C1(c2ccc(F)cc2)CCOCC1. The normalized spacial score (nSPS) is 24.0. The molecular weight excluding hydrogens is 413 g/mol. The molecule has 0 radical (unpaired) electrons. The van der Waals surface area contributed by atoms with Crippen LogP contribution in [0.3, 0.4) is 0 Å². The molecule has 0 atom stereocenters. The summed E-state index contributed by atoms with van der Waals surface area (Å²) in [6.45, 7) is 3.66. The number of nitrogens with zero attached hydrogens (tertiary/aromatic N) is 3. The molecule has 10 heteroatoms. The van der Waals surface area contributed by atoms with Gasteiger partial charge in [0.2, 0.25) is 5.91 Å². The molecule has 1 aromatic carbocycles.